The van der Waals surface area contributed by atoms with Crippen LogP contribution in [0.1, 0.15) is 46.0 Å². The van der Waals surface area contributed by atoms with Crippen molar-refractivity contribution < 1.29 is 0 Å². The lowest BCUT2D eigenvalue weighted by molar-refractivity contribution is 0.260. The van der Waals surface area contributed by atoms with Crippen LogP contribution in [0, 0.1) is 0 Å². The molecule has 15 heavy (non-hydrogen) atoms. The van der Waals surface area contributed by atoms with Gasteiger partial charge in [-0.2, -0.15) is 0 Å². The number of rotatable bonds is 4. The highest BCUT2D eigenvalue weighted by atomic mass is 15.1. The minimum absolute atomic E-state index is 0.700. The molecule has 0 amide bonds. The van der Waals surface area contributed by atoms with Crippen molar-refractivity contribution in [3.8, 4) is 0 Å². The van der Waals surface area contributed by atoms with Crippen LogP contribution in [0.4, 0.5) is 0 Å². The monoisotopic (exact) mass is 205 g/mol. The molecular weight excluding hydrogens is 182 g/mol. The van der Waals surface area contributed by atoms with Gasteiger partial charge in [0.15, 0.2) is 0 Å². The Bertz CT molecular complexity index is 244. The Labute approximate surface area is 94.2 Å². The minimum atomic E-state index is 0.700. The number of nitrogens with zero attached hydrogens (tertiary/aromatic N) is 1. The van der Waals surface area contributed by atoms with Crippen LogP contribution in [0.25, 0.3) is 0 Å². The molecule has 0 aliphatic heterocycles. The molecular formula is C14H23N. The molecule has 0 aromatic heterocycles. The van der Waals surface area contributed by atoms with E-state index in [-0.39, 0.29) is 0 Å². The molecule has 1 aliphatic carbocycles. The van der Waals surface area contributed by atoms with E-state index in [0.717, 1.165) is 0 Å². The Morgan fingerprint density at radius 1 is 1.27 bits per heavy atom. The Balaban J connectivity index is 2.69. The van der Waals surface area contributed by atoms with E-state index in [9.17, 15) is 0 Å². The Hall–Kier alpha value is -0.980. The molecule has 1 nitrogen and oxygen atoms in total. The topological polar surface area (TPSA) is 3.24 Å². The van der Waals surface area contributed by atoms with Crippen molar-refractivity contribution in [1.82, 2.24) is 4.90 Å². The van der Waals surface area contributed by atoms with Crippen LogP contribution >= 0.6 is 0 Å². The molecule has 0 N–H and O–H groups in total. The van der Waals surface area contributed by atoms with E-state index in [1.165, 1.54) is 37.8 Å². The molecule has 1 heteroatoms. The maximum Gasteiger partial charge on any atom is 0.0333 e. The van der Waals surface area contributed by atoms with E-state index in [2.05, 4.69) is 37.6 Å². The van der Waals surface area contributed by atoms with Crippen LogP contribution in [0.15, 0.2) is 36.7 Å². The highest BCUT2D eigenvalue weighted by Crippen LogP contribution is 2.25. The zero-order chi connectivity index (χ0) is 11.1. The largest absolute Gasteiger partial charge is 0.349 e. The first-order chi connectivity index (χ1) is 7.29. The molecule has 0 atom stereocenters. The lowest BCUT2D eigenvalue weighted by atomic mass is 9.94. The van der Waals surface area contributed by atoms with E-state index in [1.54, 1.807) is 0 Å². The van der Waals surface area contributed by atoms with E-state index >= 15 is 0 Å². The molecule has 0 bridgehead atoms. The Kier molecular flexibility index (Phi) is 5.23. The molecule has 84 valence electrons. The summed E-state index contributed by atoms with van der Waals surface area (Å²) >= 11 is 0. The molecule has 0 aromatic carbocycles. The third-order valence-corrected chi connectivity index (χ3v) is 3.18. The normalized spacial score (nSPS) is 19.5. The van der Waals surface area contributed by atoms with Crippen LogP contribution in [-0.4, -0.2) is 10.9 Å². The van der Waals surface area contributed by atoms with E-state index in [1.807, 2.05) is 12.2 Å². The smallest absolute Gasteiger partial charge is 0.0333 e. The van der Waals surface area contributed by atoms with E-state index < -0.39 is 0 Å². The summed E-state index contributed by atoms with van der Waals surface area (Å²) in [6.45, 7) is 8.02. The molecule has 0 heterocycles. The van der Waals surface area contributed by atoms with Gasteiger partial charge < -0.3 is 4.90 Å². The van der Waals surface area contributed by atoms with Crippen molar-refractivity contribution in [3.63, 3.8) is 0 Å². The summed E-state index contributed by atoms with van der Waals surface area (Å²) in [4.78, 5) is 2.40. The standard InChI is InChI=1S/C14H23N/c1-4-6-12-15(13(3)5-2)14-10-8-7-9-11-14/h4-6,12,14H,1,7-11H2,2-3H3/b12-6-,13-5-. The quantitative estimate of drug-likeness (QED) is 0.620. The first-order valence-electron chi connectivity index (χ1n) is 6.00. The molecule has 0 aromatic rings. The average molecular weight is 205 g/mol. The number of hydrogen-bond acceptors (Lipinski definition) is 1. The Morgan fingerprint density at radius 3 is 2.47 bits per heavy atom. The van der Waals surface area contributed by atoms with E-state index in [0.29, 0.717) is 6.04 Å². The molecule has 1 fully saturated rings. The second kappa shape index (κ2) is 6.49. The summed E-state index contributed by atoms with van der Waals surface area (Å²) < 4.78 is 0. The molecule has 0 spiro atoms. The summed E-state index contributed by atoms with van der Waals surface area (Å²) in [7, 11) is 0. The summed E-state index contributed by atoms with van der Waals surface area (Å²) in [5, 5.41) is 0. The van der Waals surface area contributed by atoms with Crippen molar-refractivity contribution >= 4 is 0 Å². The van der Waals surface area contributed by atoms with Crippen LogP contribution < -0.4 is 0 Å². The Morgan fingerprint density at radius 2 is 1.93 bits per heavy atom. The van der Waals surface area contributed by atoms with Gasteiger partial charge in [-0.3, -0.25) is 0 Å². The van der Waals surface area contributed by atoms with Gasteiger partial charge in [-0.05, 0) is 32.8 Å². The van der Waals surface area contributed by atoms with Crippen molar-refractivity contribution in [2.24, 2.45) is 0 Å². The third-order valence-electron chi connectivity index (χ3n) is 3.18. The third kappa shape index (κ3) is 3.58. The van der Waals surface area contributed by atoms with Gasteiger partial charge in [-0.1, -0.05) is 38.0 Å². The van der Waals surface area contributed by atoms with Crippen LogP contribution in [0.3, 0.4) is 0 Å². The van der Waals surface area contributed by atoms with Gasteiger partial charge in [0, 0.05) is 17.9 Å². The van der Waals surface area contributed by atoms with Gasteiger partial charge in [-0.25, -0.2) is 0 Å². The first-order valence-corrected chi connectivity index (χ1v) is 6.00. The summed E-state index contributed by atoms with van der Waals surface area (Å²) in [5.74, 6) is 0. The summed E-state index contributed by atoms with van der Waals surface area (Å²) in [5.41, 5.74) is 1.35. The van der Waals surface area contributed by atoms with Gasteiger partial charge in [0.1, 0.15) is 0 Å². The zero-order valence-electron chi connectivity index (χ0n) is 10.1. The van der Waals surface area contributed by atoms with Gasteiger partial charge in [-0.15, -0.1) is 0 Å². The average Bonchev–Trinajstić information content (AvgIpc) is 2.30. The molecule has 0 radical (unpaired) electrons. The SMILES string of the molecule is C=C/C=C\N(/C(C)=C\C)C1CCCCC1. The maximum atomic E-state index is 3.73. The van der Waals surface area contributed by atoms with Gasteiger partial charge >= 0.3 is 0 Å². The van der Waals surface area contributed by atoms with Gasteiger partial charge in [0.05, 0.1) is 0 Å². The van der Waals surface area contributed by atoms with Crippen LogP contribution in [0.2, 0.25) is 0 Å². The molecule has 1 saturated carbocycles. The van der Waals surface area contributed by atoms with Crippen LogP contribution in [-0.2, 0) is 0 Å². The summed E-state index contributed by atoms with van der Waals surface area (Å²) in [6.07, 6.45) is 15.0. The molecule has 1 rings (SSSR count). The first kappa shape index (κ1) is 12.1. The molecule has 0 saturated heterocycles. The number of allylic oxidation sites excluding steroid dienone is 4. The van der Waals surface area contributed by atoms with Crippen molar-refractivity contribution in [2.75, 3.05) is 0 Å². The number of hydrogen-bond donors (Lipinski definition) is 0. The zero-order valence-corrected chi connectivity index (χ0v) is 10.1. The van der Waals surface area contributed by atoms with Gasteiger partial charge in [0.2, 0.25) is 0 Å². The molecule has 0 unspecified atom stereocenters. The summed E-state index contributed by atoms with van der Waals surface area (Å²) in [6, 6.07) is 0.700. The van der Waals surface area contributed by atoms with Crippen LogP contribution in [0.5, 0.6) is 0 Å². The van der Waals surface area contributed by atoms with Crippen molar-refractivity contribution in [1.29, 1.82) is 0 Å². The fourth-order valence-electron chi connectivity index (χ4n) is 2.19. The van der Waals surface area contributed by atoms with Crippen molar-refractivity contribution in [3.05, 3.63) is 36.7 Å². The molecule has 1 aliphatic rings. The predicted molar refractivity (Wildman–Crippen MR) is 67.5 cm³/mol. The lowest BCUT2D eigenvalue weighted by Crippen LogP contribution is -2.31. The fourth-order valence-corrected chi connectivity index (χ4v) is 2.19. The van der Waals surface area contributed by atoms with E-state index in [4.69, 9.17) is 0 Å². The van der Waals surface area contributed by atoms with Crippen molar-refractivity contribution in [2.45, 2.75) is 52.0 Å². The fraction of sp³-hybridized carbons (Fsp3) is 0.571. The second-order valence-corrected chi connectivity index (χ2v) is 4.21. The highest BCUT2D eigenvalue weighted by Gasteiger charge is 2.18. The maximum absolute atomic E-state index is 3.73. The predicted octanol–water partition coefficient (Wildman–Crippen LogP) is 4.24. The van der Waals surface area contributed by atoms with Gasteiger partial charge in [0.25, 0.3) is 0 Å². The highest BCUT2D eigenvalue weighted by molar-refractivity contribution is 5.08. The minimum Gasteiger partial charge on any atom is -0.349 e. The second-order valence-electron chi connectivity index (χ2n) is 4.21. The lowest BCUT2D eigenvalue weighted by Gasteiger charge is -2.34.